The van der Waals surface area contributed by atoms with Crippen LogP contribution in [0.2, 0.25) is 0 Å². The Morgan fingerprint density at radius 3 is 2.11 bits per heavy atom. The summed E-state index contributed by atoms with van der Waals surface area (Å²) in [5, 5.41) is 0. The first-order valence-electron chi connectivity index (χ1n) is 11.2. The zero-order valence-corrected chi connectivity index (χ0v) is 22.1. The zero-order chi connectivity index (χ0) is 24.6. The number of benzene rings is 2. The number of aromatic nitrogens is 4. The molecule has 7 heteroatoms. The number of rotatable bonds is 5. The van der Waals surface area contributed by atoms with E-state index in [0.29, 0.717) is 22.8 Å². The van der Waals surface area contributed by atoms with Crippen LogP contribution in [0.15, 0.2) is 78.9 Å². The summed E-state index contributed by atoms with van der Waals surface area (Å²) in [6.07, 6.45) is 3.27. The smallest absolute Gasteiger partial charge is 0.440 e. The largest absolute Gasteiger partial charge is 2.00 e. The van der Waals surface area contributed by atoms with Crippen molar-refractivity contribution in [1.82, 2.24) is 19.5 Å². The third-order valence-corrected chi connectivity index (χ3v) is 5.98. The Hall–Kier alpha value is -3.50. The Kier molecular flexibility index (Phi) is 7.28. The van der Waals surface area contributed by atoms with Crippen LogP contribution in [0.4, 0.5) is 8.78 Å². The van der Waals surface area contributed by atoms with Crippen LogP contribution in [0.25, 0.3) is 34.0 Å². The van der Waals surface area contributed by atoms with Gasteiger partial charge in [-0.15, -0.1) is 12.1 Å². The fraction of sp³-hybridized carbons (Fsp3) is 0.138. The van der Waals surface area contributed by atoms with Gasteiger partial charge in [0.2, 0.25) is 0 Å². The van der Waals surface area contributed by atoms with Crippen LogP contribution in [0.3, 0.4) is 0 Å². The Morgan fingerprint density at radius 2 is 1.44 bits per heavy atom. The number of halogens is 2. The van der Waals surface area contributed by atoms with E-state index in [4.69, 9.17) is 9.97 Å². The topological polar surface area (TPSA) is 43.6 Å². The molecule has 0 aliphatic heterocycles. The van der Waals surface area contributed by atoms with Gasteiger partial charge in [-0.05, 0) is 55.7 Å². The van der Waals surface area contributed by atoms with Crippen LogP contribution in [-0.2, 0) is 33.5 Å². The summed E-state index contributed by atoms with van der Waals surface area (Å²) in [4.78, 5) is 14.3. The third kappa shape index (κ3) is 4.91. The SMILES string of the molecule is Cn1[c-]c(-c2cccc(C(C)(C)c3cccc(-c4[c-]cc(F)cc4F)n3)n2)nc1-c1ccccc1.[Pt+2]. The van der Waals surface area contributed by atoms with Crippen molar-refractivity contribution in [1.29, 1.82) is 0 Å². The first-order chi connectivity index (χ1) is 16.8. The second kappa shape index (κ2) is 10.2. The molecule has 0 radical (unpaired) electrons. The van der Waals surface area contributed by atoms with Crippen molar-refractivity contribution in [2.75, 3.05) is 0 Å². The molecule has 0 amide bonds. The van der Waals surface area contributed by atoms with Gasteiger partial charge in [0, 0.05) is 34.3 Å². The standard InChI is InChI=1S/C29H22F2N4.Pt/c1-29(2,26-13-7-11-23(32-26)21-16-15-20(30)17-22(21)31)27-14-8-12-24(33-27)25-18-35(3)28(34-25)19-9-5-4-6-10-19;/h4-15,17H,1-3H3;/q-2;+2. The average molecular weight is 660 g/mol. The van der Waals surface area contributed by atoms with E-state index in [9.17, 15) is 8.78 Å². The van der Waals surface area contributed by atoms with Gasteiger partial charge in [-0.3, -0.25) is 8.78 Å². The molecule has 36 heavy (non-hydrogen) atoms. The van der Waals surface area contributed by atoms with Gasteiger partial charge in [-0.25, -0.2) is 0 Å². The summed E-state index contributed by atoms with van der Waals surface area (Å²) in [5.41, 5.74) is 3.74. The number of pyridine rings is 2. The van der Waals surface area contributed by atoms with Gasteiger partial charge < -0.3 is 19.5 Å². The molecule has 0 spiro atoms. The number of hydrogen-bond donors (Lipinski definition) is 0. The number of nitrogens with zero attached hydrogens (tertiary/aromatic N) is 4. The van der Waals surface area contributed by atoms with Crippen molar-refractivity contribution >= 4 is 0 Å². The molecule has 0 saturated carbocycles. The molecule has 0 bridgehead atoms. The Bertz CT molecular complexity index is 1510. The van der Waals surface area contributed by atoms with Crippen LogP contribution in [0, 0.1) is 23.9 Å². The fourth-order valence-electron chi connectivity index (χ4n) is 3.99. The van der Waals surface area contributed by atoms with Gasteiger partial charge in [0.15, 0.2) is 0 Å². The van der Waals surface area contributed by atoms with E-state index >= 15 is 0 Å². The van der Waals surface area contributed by atoms with Crippen molar-refractivity contribution in [3.63, 3.8) is 0 Å². The molecule has 0 atom stereocenters. The summed E-state index contributed by atoms with van der Waals surface area (Å²) in [5.74, 6) is -0.572. The third-order valence-electron chi connectivity index (χ3n) is 5.98. The summed E-state index contributed by atoms with van der Waals surface area (Å²) in [6, 6.07) is 25.7. The Labute approximate surface area is 223 Å². The molecule has 4 nitrogen and oxygen atoms in total. The molecule has 0 saturated heterocycles. The monoisotopic (exact) mass is 659 g/mol. The first kappa shape index (κ1) is 25.6. The average Bonchev–Trinajstić information content (AvgIpc) is 3.26. The van der Waals surface area contributed by atoms with Gasteiger partial charge in [-0.1, -0.05) is 72.4 Å². The van der Waals surface area contributed by atoms with Crippen LogP contribution in [-0.4, -0.2) is 19.5 Å². The summed E-state index contributed by atoms with van der Waals surface area (Å²) in [7, 11) is 1.91. The Balaban J connectivity index is 0.00000304. The van der Waals surface area contributed by atoms with Crippen LogP contribution in [0.1, 0.15) is 25.2 Å². The van der Waals surface area contributed by atoms with Crippen molar-refractivity contribution in [3.8, 4) is 34.0 Å². The fourth-order valence-corrected chi connectivity index (χ4v) is 3.99. The van der Waals surface area contributed by atoms with E-state index < -0.39 is 17.0 Å². The molecule has 3 heterocycles. The van der Waals surface area contributed by atoms with Gasteiger partial charge in [0.25, 0.3) is 0 Å². The molecular formula is C29H22F2N4Pt. The summed E-state index contributed by atoms with van der Waals surface area (Å²) in [6.45, 7) is 4.01. The van der Waals surface area contributed by atoms with Gasteiger partial charge in [0.05, 0.1) is 0 Å². The van der Waals surface area contributed by atoms with Crippen molar-refractivity contribution in [2.45, 2.75) is 19.3 Å². The van der Waals surface area contributed by atoms with Crippen molar-refractivity contribution < 1.29 is 29.8 Å². The van der Waals surface area contributed by atoms with Crippen molar-refractivity contribution in [2.24, 2.45) is 7.05 Å². The van der Waals surface area contributed by atoms with Crippen molar-refractivity contribution in [3.05, 3.63) is 114 Å². The van der Waals surface area contributed by atoms with E-state index in [0.717, 1.165) is 29.2 Å². The van der Waals surface area contributed by atoms with Crippen LogP contribution >= 0.6 is 0 Å². The molecule has 0 aliphatic carbocycles. The summed E-state index contributed by atoms with van der Waals surface area (Å²) < 4.78 is 29.6. The molecule has 0 N–H and O–H groups in total. The number of imidazole rings is 1. The van der Waals surface area contributed by atoms with Crippen LogP contribution in [0.5, 0.6) is 0 Å². The van der Waals surface area contributed by atoms with E-state index in [1.54, 1.807) is 12.1 Å². The van der Waals surface area contributed by atoms with Gasteiger partial charge in [0.1, 0.15) is 0 Å². The molecule has 3 aromatic heterocycles. The second-order valence-corrected chi connectivity index (χ2v) is 8.80. The van der Waals surface area contributed by atoms with Crippen LogP contribution < -0.4 is 0 Å². The van der Waals surface area contributed by atoms with Gasteiger partial charge in [-0.2, -0.15) is 0 Å². The minimum atomic E-state index is -0.701. The van der Waals surface area contributed by atoms with E-state index in [1.165, 1.54) is 0 Å². The molecule has 0 aliphatic rings. The molecule has 182 valence electrons. The summed E-state index contributed by atoms with van der Waals surface area (Å²) >= 11 is 0. The minimum absolute atomic E-state index is 0. The molecule has 0 unspecified atom stereocenters. The second-order valence-electron chi connectivity index (χ2n) is 8.80. The van der Waals surface area contributed by atoms with E-state index in [1.807, 2.05) is 80.1 Å². The predicted molar refractivity (Wildman–Crippen MR) is 131 cm³/mol. The molecule has 2 aromatic carbocycles. The normalized spacial score (nSPS) is 11.2. The molecule has 5 rings (SSSR count). The maximum absolute atomic E-state index is 14.3. The number of aryl methyl sites for hydroxylation is 1. The zero-order valence-electron chi connectivity index (χ0n) is 19.9. The maximum atomic E-state index is 14.3. The molecular weight excluding hydrogens is 637 g/mol. The number of hydrogen-bond acceptors (Lipinski definition) is 3. The van der Waals surface area contributed by atoms with E-state index in [-0.39, 0.29) is 26.6 Å². The predicted octanol–water partition coefficient (Wildman–Crippen LogP) is 6.41. The quantitative estimate of drug-likeness (QED) is 0.205. The van der Waals surface area contributed by atoms with Gasteiger partial charge >= 0.3 is 21.1 Å². The Morgan fingerprint density at radius 1 is 0.806 bits per heavy atom. The molecule has 0 fully saturated rings. The maximum Gasteiger partial charge on any atom is 2.00 e. The first-order valence-corrected chi connectivity index (χ1v) is 11.2. The van der Waals surface area contributed by atoms with E-state index in [2.05, 4.69) is 17.2 Å². The molecule has 5 aromatic rings. The minimum Gasteiger partial charge on any atom is -0.440 e.